The van der Waals surface area contributed by atoms with Gasteiger partial charge in [-0.2, -0.15) is 0 Å². The Kier molecular flexibility index (Phi) is 17.3. The number of likely N-dealkylation sites (N-methyl/N-ethyl adjacent to an activating group) is 2. The van der Waals surface area contributed by atoms with Gasteiger partial charge in [0.2, 0.25) is 35.4 Å². The van der Waals surface area contributed by atoms with Crippen molar-refractivity contribution >= 4 is 35.4 Å². The molecule has 2 aliphatic carbocycles. The first-order valence-corrected chi connectivity index (χ1v) is 23.4. The van der Waals surface area contributed by atoms with Crippen LogP contribution in [0.25, 0.3) is 0 Å². The van der Waals surface area contributed by atoms with Crippen LogP contribution in [0.15, 0.2) is 48.5 Å². The van der Waals surface area contributed by atoms with Crippen molar-refractivity contribution in [3.63, 3.8) is 0 Å². The van der Waals surface area contributed by atoms with Crippen LogP contribution in [0.3, 0.4) is 0 Å². The molecule has 10 atom stereocenters. The van der Waals surface area contributed by atoms with Crippen molar-refractivity contribution in [2.24, 2.45) is 0 Å². The summed E-state index contributed by atoms with van der Waals surface area (Å²) >= 11 is 0. The van der Waals surface area contributed by atoms with Crippen LogP contribution in [-0.2, 0) is 41.6 Å². The predicted molar refractivity (Wildman–Crippen MR) is 239 cm³/mol. The highest BCUT2D eigenvalue weighted by atomic mass is 19.1. The zero-order valence-corrected chi connectivity index (χ0v) is 37.8. The molecule has 2 aromatic carbocycles. The van der Waals surface area contributed by atoms with E-state index < -0.39 is 84.0 Å². The minimum atomic E-state index is -1.39. The molecule has 2 saturated heterocycles. The van der Waals surface area contributed by atoms with Gasteiger partial charge < -0.3 is 41.7 Å². The number of unbranched alkanes of at least 4 members (excludes halogenated alkanes) is 3. The van der Waals surface area contributed by atoms with E-state index in [1.807, 2.05) is 48.5 Å². The summed E-state index contributed by atoms with van der Waals surface area (Å²) < 4.78 is 30.2. The number of amides is 6. The number of aryl methyl sites for hydroxylation is 2. The van der Waals surface area contributed by atoms with Crippen molar-refractivity contribution in [1.82, 2.24) is 41.7 Å². The van der Waals surface area contributed by atoms with E-state index in [0.29, 0.717) is 25.7 Å². The van der Waals surface area contributed by atoms with Crippen molar-refractivity contribution in [2.45, 2.75) is 164 Å². The van der Waals surface area contributed by atoms with Crippen molar-refractivity contribution in [3.05, 3.63) is 70.8 Å². The maximum absolute atomic E-state index is 15.1. The Morgan fingerprint density at radius 1 is 0.609 bits per heavy atom. The number of hydrogen-bond acceptors (Lipinski definition) is 8. The van der Waals surface area contributed by atoms with Gasteiger partial charge in [0, 0.05) is 12.8 Å². The molecular weight excluding hydrogens is 823 g/mol. The second-order valence-electron chi connectivity index (χ2n) is 18.1. The van der Waals surface area contributed by atoms with Crippen molar-refractivity contribution in [3.8, 4) is 0 Å². The lowest BCUT2D eigenvalue weighted by atomic mass is 9.87. The maximum Gasteiger partial charge on any atom is 0.245 e. The zero-order valence-electron chi connectivity index (χ0n) is 37.8. The normalized spacial score (nSPS) is 24.7. The topological polar surface area (TPSA) is 181 Å². The van der Waals surface area contributed by atoms with Crippen LogP contribution in [0.4, 0.5) is 8.78 Å². The number of carbonyl (C=O) groups is 6. The van der Waals surface area contributed by atoms with Gasteiger partial charge >= 0.3 is 0 Å². The quantitative estimate of drug-likeness (QED) is 0.115. The second-order valence-corrected chi connectivity index (χ2v) is 18.1. The minimum Gasteiger partial charge on any atom is -0.347 e. The first-order valence-electron chi connectivity index (χ1n) is 23.4. The molecule has 6 amide bonds. The molecule has 350 valence electrons. The fraction of sp³-hybridized carbons (Fsp3) is 0.625. The van der Waals surface area contributed by atoms with Gasteiger partial charge in [0.05, 0.1) is 37.3 Å². The zero-order chi connectivity index (χ0) is 45.9. The highest BCUT2D eigenvalue weighted by Gasteiger charge is 2.44. The molecule has 64 heavy (non-hydrogen) atoms. The molecule has 6 N–H and O–H groups in total. The molecule has 4 aliphatic rings. The van der Waals surface area contributed by atoms with E-state index in [0.717, 1.165) is 60.8 Å². The van der Waals surface area contributed by atoms with Gasteiger partial charge in [0.25, 0.3) is 0 Å². The Balaban J connectivity index is 1.07. The summed E-state index contributed by atoms with van der Waals surface area (Å²) in [7, 11) is 3.26. The van der Waals surface area contributed by atoms with Gasteiger partial charge in [-0.05, 0) is 102 Å². The Bertz CT molecular complexity index is 1830. The van der Waals surface area contributed by atoms with Gasteiger partial charge in [-0.3, -0.25) is 28.8 Å². The van der Waals surface area contributed by atoms with Crippen LogP contribution in [0.5, 0.6) is 0 Å². The van der Waals surface area contributed by atoms with Gasteiger partial charge in [0.15, 0.2) is 0 Å². The van der Waals surface area contributed by atoms with Crippen LogP contribution in [-0.4, -0.2) is 121 Å². The smallest absolute Gasteiger partial charge is 0.245 e. The number of nitrogens with zero attached hydrogens (tertiary/aromatic N) is 2. The number of rotatable bonds is 19. The average molecular weight is 891 g/mol. The maximum atomic E-state index is 15.1. The van der Waals surface area contributed by atoms with Crippen LogP contribution in [0, 0.1) is 0 Å². The summed E-state index contributed by atoms with van der Waals surface area (Å²) in [4.78, 5) is 84.7. The summed E-state index contributed by atoms with van der Waals surface area (Å²) in [5, 5.41) is 17.6. The number of hydrogen-bond donors (Lipinski definition) is 6. The lowest BCUT2D eigenvalue weighted by Gasteiger charge is -2.32. The van der Waals surface area contributed by atoms with E-state index in [-0.39, 0.29) is 50.9 Å². The number of alkyl halides is 2. The number of fused-ring (bicyclic) bond motifs is 2. The van der Waals surface area contributed by atoms with Gasteiger partial charge in [0.1, 0.15) is 36.5 Å². The highest BCUT2D eigenvalue weighted by Crippen LogP contribution is 2.33. The summed E-state index contributed by atoms with van der Waals surface area (Å²) in [6.45, 7) is 2.82. The monoisotopic (exact) mass is 891 g/mol. The Hall–Kier alpha value is -4.96. The fourth-order valence-corrected chi connectivity index (χ4v) is 9.72. The highest BCUT2D eigenvalue weighted by molar-refractivity contribution is 5.95. The molecule has 10 unspecified atom stereocenters. The van der Waals surface area contributed by atoms with Gasteiger partial charge in [-0.25, -0.2) is 8.78 Å². The van der Waals surface area contributed by atoms with Crippen LogP contribution < -0.4 is 31.9 Å². The molecule has 2 aliphatic heterocycles. The van der Waals surface area contributed by atoms with Gasteiger partial charge in [-0.1, -0.05) is 74.2 Å². The summed E-state index contributed by atoms with van der Waals surface area (Å²) in [5.74, 6) is -2.67. The molecule has 0 saturated carbocycles. The molecular formula is C48H68F2N8O6. The molecule has 16 heteroatoms. The Morgan fingerprint density at radius 3 is 1.39 bits per heavy atom. The molecule has 2 aromatic rings. The third kappa shape index (κ3) is 12.0. The largest absolute Gasteiger partial charge is 0.347 e. The SMILES string of the molecule is CNC(C)C(=O)NC(CCCCCCC(NC(=O)C(C)NC)C(=O)N1CC(F)CC1C(=O)NC1CCCc2ccccc21)C(=O)N1CC(F)CC1C(=O)NC1CCCc2ccccc21. The van der Waals surface area contributed by atoms with E-state index in [1.165, 1.54) is 9.80 Å². The van der Waals surface area contributed by atoms with Crippen molar-refractivity contribution in [1.29, 1.82) is 0 Å². The van der Waals surface area contributed by atoms with E-state index >= 15 is 8.78 Å². The standard InChI is InChI=1S/C48H68F2N8O6/c1-29(51-3)43(59)55-39(47(63)57-27-33(49)25-41(57)45(61)53-37-23-13-17-31-15-9-11-19-35(31)37)21-7-5-6-8-22-40(56-44(60)30(2)52-4)48(64)58-28-34(50)26-42(58)46(62)54-38-24-14-18-32-16-10-12-20-36(32)38/h9-12,15-16,19-20,29-30,33-34,37-42,51-52H,5-8,13-14,17-18,21-28H2,1-4H3,(H,53,61)(H,54,62)(H,55,59)(H,56,60). The number of halogens is 2. The third-order valence-electron chi connectivity index (χ3n) is 13.7. The first kappa shape index (κ1) is 48.5. The summed E-state index contributed by atoms with van der Waals surface area (Å²) in [6, 6.07) is 10.1. The molecule has 0 radical (unpaired) electrons. The molecule has 14 nitrogen and oxygen atoms in total. The average Bonchev–Trinajstić information content (AvgIpc) is 3.90. The van der Waals surface area contributed by atoms with Crippen molar-refractivity contribution < 1.29 is 37.5 Å². The van der Waals surface area contributed by atoms with Crippen molar-refractivity contribution in [2.75, 3.05) is 27.2 Å². The number of likely N-dealkylation sites (tertiary alicyclic amines) is 2. The van der Waals surface area contributed by atoms with Crippen LogP contribution in [0.2, 0.25) is 0 Å². The Labute approximate surface area is 376 Å². The second kappa shape index (κ2) is 22.8. The number of nitrogens with one attached hydrogen (secondary N) is 6. The summed E-state index contributed by atoms with van der Waals surface area (Å²) in [5.41, 5.74) is 4.39. The molecule has 2 fully saturated rings. The number of carbonyl (C=O) groups excluding carboxylic acids is 6. The van der Waals surface area contributed by atoms with E-state index in [2.05, 4.69) is 31.9 Å². The fourth-order valence-electron chi connectivity index (χ4n) is 9.72. The lowest BCUT2D eigenvalue weighted by Crippen LogP contribution is -2.55. The van der Waals surface area contributed by atoms with Crippen LogP contribution >= 0.6 is 0 Å². The lowest BCUT2D eigenvalue weighted by molar-refractivity contribution is -0.142. The molecule has 2 heterocycles. The van der Waals surface area contributed by atoms with E-state index in [9.17, 15) is 28.8 Å². The minimum absolute atomic E-state index is 0.132. The molecule has 6 rings (SSSR count). The van der Waals surface area contributed by atoms with Crippen LogP contribution in [0.1, 0.15) is 125 Å². The molecule has 0 bridgehead atoms. The summed E-state index contributed by atoms with van der Waals surface area (Å²) in [6.07, 6.45) is 4.64. The van der Waals surface area contributed by atoms with Gasteiger partial charge in [-0.15, -0.1) is 0 Å². The molecule has 0 spiro atoms. The third-order valence-corrected chi connectivity index (χ3v) is 13.7. The van der Waals surface area contributed by atoms with E-state index in [4.69, 9.17) is 0 Å². The predicted octanol–water partition coefficient (Wildman–Crippen LogP) is 3.78. The Morgan fingerprint density at radius 2 is 1.00 bits per heavy atom. The van der Waals surface area contributed by atoms with E-state index in [1.54, 1.807) is 27.9 Å². The first-order chi connectivity index (χ1) is 30.8. The number of benzene rings is 2. The molecule has 0 aromatic heterocycles.